The third-order valence-corrected chi connectivity index (χ3v) is 3.90. The van der Waals surface area contributed by atoms with Crippen molar-refractivity contribution in [2.45, 2.75) is 26.4 Å². The maximum atomic E-state index is 12.1. The minimum Gasteiger partial charge on any atom is -0.481 e. The zero-order valence-corrected chi connectivity index (χ0v) is 12.2. The number of carbonyl (C=O) groups excluding carboxylic acids is 1. The molecule has 1 aliphatic rings. The van der Waals surface area contributed by atoms with E-state index in [0.29, 0.717) is 26.0 Å². The molecule has 0 aromatic heterocycles. The van der Waals surface area contributed by atoms with Crippen LogP contribution in [0.5, 0.6) is 0 Å². The molecule has 1 fully saturated rings. The lowest BCUT2D eigenvalue weighted by Gasteiger charge is -2.37. The monoisotopic (exact) mass is 291 g/mol. The first-order chi connectivity index (χ1) is 10.0. The van der Waals surface area contributed by atoms with Crippen molar-refractivity contribution in [3.63, 3.8) is 0 Å². The fourth-order valence-electron chi connectivity index (χ4n) is 2.55. The Morgan fingerprint density at radius 3 is 2.71 bits per heavy atom. The zero-order chi connectivity index (χ0) is 15.3. The highest BCUT2D eigenvalue weighted by molar-refractivity contribution is 5.80. The lowest BCUT2D eigenvalue weighted by molar-refractivity contribution is -0.154. The van der Waals surface area contributed by atoms with Crippen LogP contribution in [0.15, 0.2) is 30.3 Å². The summed E-state index contributed by atoms with van der Waals surface area (Å²) >= 11 is 0. The maximum Gasteiger partial charge on any atom is 0.311 e. The molecular weight excluding hydrogens is 270 g/mol. The van der Waals surface area contributed by atoms with Crippen molar-refractivity contribution in [1.29, 1.82) is 0 Å². The maximum absolute atomic E-state index is 12.1. The average molecular weight is 291 g/mol. The first-order valence-electron chi connectivity index (χ1n) is 7.14. The molecule has 0 spiro atoms. The highest BCUT2D eigenvalue weighted by atomic mass is 16.5. The van der Waals surface area contributed by atoms with Gasteiger partial charge in [-0.15, -0.1) is 0 Å². The number of aliphatic carboxylic acids is 1. The van der Waals surface area contributed by atoms with Gasteiger partial charge in [0.15, 0.2) is 0 Å². The smallest absolute Gasteiger partial charge is 0.311 e. The van der Waals surface area contributed by atoms with Gasteiger partial charge in [-0.05, 0) is 25.3 Å². The molecule has 1 aliphatic heterocycles. The lowest BCUT2D eigenvalue weighted by atomic mass is 9.82. The van der Waals surface area contributed by atoms with E-state index in [9.17, 15) is 14.7 Å². The van der Waals surface area contributed by atoms with Crippen LogP contribution >= 0.6 is 0 Å². The molecule has 114 valence electrons. The minimum absolute atomic E-state index is 0.00933. The Morgan fingerprint density at radius 2 is 2.05 bits per heavy atom. The first-order valence-corrected chi connectivity index (χ1v) is 7.14. The van der Waals surface area contributed by atoms with Gasteiger partial charge in [0.2, 0.25) is 5.91 Å². The normalized spacial score (nSPS) is 22.0. The number of benzene rings is 1. The molecule has 21 heavy (non-hydrogen) atoms. The van der Waals surface area contributed by atoms with Gasteiger partial charge in [0.05, 0.1) is 12.0 Å². The minimum atomic E-state index is -0.842. The topological polar surface area (TPSA) is 66.8 Å². The third-order valence-electron chi connectivity index (χ3n) is 3.90. The summed E-state index contributed by atoms with van der Waals surface area (Å²) in [6.45, 7) is 2.94. The molecule has 5 heteroatoms. The summed E-state index contributed by atoms with van der Waals surface area (Å²) in [5, 5.41) is 9.25. The second-order valence-corrected chi connectivity index (χ2v) is 5.76. The van der Waals surface area contributed by atoms with Gasteiger partial charge in [-0.1, -0.05) is 30.3 Å². The molecule has 1 N–H and O–H groups in total. The summed E-state index contributed by atoms with van der Waals surface area (Å²) in [5.74, 6) is -0.983. The van der Waals surface area contributed by atoms with Crippen molar-refractivity contribution in [2.24, 2.45) is 5.41 Å². The van der Waals surface area contributed by atoms with Crippen molar-refractivity contribution >= 4 is 11.9 Å². The second kappa shape index (κ2) is 6.72. The van der Waals surface area contributed by atoms with Gasteiger partial charge in [-0.3, -0.25) is 9.59 Å². The van der Waals surface area contributed by atoms with Crippen molar-refractivity contribution < 1.29 is 19.4 Å². The Kier molecular flexibility index (Phi) is 4.96. The van der Waals surface area contributed by atoms with Gasteiger partial charge in [-0.2, -0.15) is 0 Å². The summed E-state index contributed by atoms with van der Waals surface area (Å²) < 4.78 is 5.42. The van der Waals surface area contributed by atoms with Crippen LogP contribution in [0.2, 0.25) is 0 Å². The van der Waals surface area contributed by atoms with E-state index in [1.807, 2.05) is 30.3 Å². The Balaban J connectivity index is 1.82. The van der Waals surface area contributed by atoms with E-state index < -0.39 is 11.4 Å². The first kappa shape index (κ1) is 15.5. The number of carboxylic acids is 1. The quantitative estimate of drug-likeness (QED) is 0.900. The Labute approximate surface area is 124 Å². The van der Waals surface area contributed by atoms with Gasteiger partial charge in [0, 0.05) is 13.1 Å². The molecule has 0 saturated carbocycles. The molecule has 0 aliphatic carbocycles. The third kappa shape index (κ3) is 4.04. The molecule has 1 saturated heterocycles. The number of amides is 1. The molecule has 0 radical (unpaired) electrons. The van der Waals surface area contributed by atoms with Crippen molar-refractivity contribution in [1.82, 2.24) is 4.90 Å². The van der Waals surface area contributed by atoms with Gasteiger partial charge < -0.3 is 14.7 Å². The van der Waals surface area contributed by atoms with Crippen LogP contribution < -0.4 is 0 Å². The molecule has 1 unspecified atom stereocenters. The number of carboxylic acid groups (broad SMARTS) is 1. The van der Waals surface area contributed by atoms with Crippen molar-refractivity contribution in [3.8, 4) is 0 Å². The predicted molar refractivity (Wildman–Crippen MR) is 77.7 cm³/mol. The van der Waals surface area contributed by atoms with Crippen LogP contribution in [0, 0.1) is 5.41 Å². The van der Waals surface area contributed by atoms with Crippen LogP contribution in [0.1, 0.15) is 25.3 Å². The number of ether oxygens (including phenoxy) is 1. The van der Waals surface area contributed by atoms with E-state index in [4.69, 9.17) is 4.74 Å². The number of likely N-dealkylation sites (tertiary alicyclic amines) is 1. The Hall–Kier alpha value is -1.88. The molecular formula is C16H21NO4. The summed E-state index contributed by atoms with van der Waals surface area (Å²) in [7, 11) is 0. The molecule has 1 amide bonds. The molecule has 1 atom stereocenters. The van der Waals surface area contributed by atoms with E-state index in [0.717, 1.165) is 5.56 Å². The van der Waals surface area contributed by atoms with Crippen LogP contribution in [0.4, 0.5) is 0 Å². The van der Waals surface area contributed by atoms with Gasteiger partial charge in [-0.25, -0.2) is 0 Å². The highest BCUT2D eigenvalue weighted by Crippen LogP contribution is 2.29. The van der Waals surface area contributed by atoms with Crippen LogP contribution in [0.25, 0.3) is 0 Å². The number of nitrogens with zero attached hydrogens (tertiary/aromatic N) is 1. The van der Waals surface area contributed by atoms with Gasteiger partial charge in [0.25, 0.3) is 0 Å². The molecule has 1 aromatic rings. The number of hydrogen-bond acceptors (Lipinski definition) is 3. The summed E-state index contributed by atoms with van der Waals surface area (Å²) in [4.78, 5) is 25.0. The second-order valence-electron chi connectivity index (χ2n) is 5.76. The van der Waals surface area contributed by atoms with Crippen LogP contribution in [-0.2, 0) is 20.9 Å². The van der Waals surface area contributed by atoms with Crippen molar-refractivity contribution in [2.75, 3.05) is 19.7 Å². The molecule has 1 heterocycles. The average Bonchev–Trinajstić information content (AvgIpc) is 2.48. The fraction of sp³-hybridized carbons (Fsp3) is 0.500. The number of rotatable bonds is 5. The van der Waals surface area contributed by atoms with Gasteiger partial charge in [0.1, 0.15) is 6.61 Å². The van der Waals surface area contributed by atoms with Crippen LogP contribution in [-0.4, -0.2) is 41.6 Å². The van der Waals surface area contributed by atoms with E-state index in [1.54, 1.807) is 11.8 Å². The summed E-state index contributed by atoms with van der Waals surface area (Å²) in [6, 6.07) is 9.64. The summed E-state index contributed by atoms with van der Waals surface area (Å²) in [5.41, 5.74) is 0.173. The molecule has 1 aromatic carbocycles. The number of piperidine rings is 1. The van der Waals surface area contributed by atoms with E-state index in [1.165, 1.54) is 0 Å². The number of carbonyl (C=O) groups is 2. The fourth-order valence-corrected chi connectivity index (χ4v) is 2.55. The van der Waals surface area contributed by atoms with E-state index >= 15 is 0 Å². The van der Waals surface area contributed by atoms with E-state index in [2.05, 4.69) is 0 Å². The largest absolute Gasteiger partial charge is 0.481 e. The van der Waals surface area contributed by atoms with Gasteiger partial charge >= 0.3 is 5.97 Å². The standard InChI is InChI=1S/C16H21NO4/c1-16(15(19)20)8-5-9-17(12-16)14(18)11-21-10-13-6-3-2-4-7-13/h2-4,6-7H,5,8-12H2,1H3,(H,19,20). The Morgan fingerprint density at radius 1 is 1.33 bits per heavy atom. The molecule has 5 nitrogen and oxygen atoms in total. The predicted octanol–water partition coefficient (Wildman–Crippen LogP) is 1.92. The van der Waals surface area contributed by atoms with E-state index in [-0.39, 0.29) is 19.1 Å². The Bertz CT molecular complexity index is 502. The molecule has 2 rings (SSSR count). The SMILES string of the molecule is CC1(C(=O)O)CCCN(C(=O)COCc2ccccc2)C1. The highest BCUT2D eigenvalue weighted by Gasteiger charge is 2.39. The summed E-state index contributed by atoms with van der Waals surface area (Å²) in [6.07, 6.45) is 1.32. The number of hydrogen-bond donors (Lipinski definition) is 1. The van der Waals surface area contributed by atoms with Crippen LogP contribution in [0.3, 0.4) is 0 Å². The molecule has 0 bridgehead atoms. The van der Waals surface area contributed by atoms with Crippen molar-refractivity contribution in [3.05, 3.63) is 35.9 Å². The lowest BCUT2D eigenvalue weighted by Crippen LogP contribution is -2.49. The zero-order valence-electron chi connectivity index (χ0n) is 12.2.